The van der Waals surface area contributed by atoms with E-state index in [2.05, 4.69) is 83.7 Å². The minimum Gasteiger partial charge on any atom is -0.439 e. The van der Waals surface area contributed by atoms with Gasteiger partial charge in [-0.1, -0.05) is 145 Å². The van der Waals surface area contributed by atoms with Gasteiger partial charge in [-0.05, 0) is 184 Å². The van der Waals surface area contributed by atoms with Gasteiger partial charge in [-0.15, -0.1) is 0 Å². The van der Waals surface area contributed by atoms with Crippen LogP contribution >= 0.6 is 0 Å². The number of carbonyl (C=O) groups is 4. The summed E-state index contributed by atoms with van der Waals surface area (Å²) >= 11 is 0. The van der Waals surface area contributed by atoms with Gasteiger partial charge in [0.15, 0.2) is 23.1 Å². The van der Waals surface area contributed by atoms with Gasteiger partial charge in [0.1, 0.15) is 23.2 Å². The summed E-state index contributed by atoms with van der Waals surface area (Å²) in [5, 5.41) is 22.5. The fourth-order valence-corrected chi connectivity index (χ4v) is 9.62. The Kier molecular flexibility index (Phi) is 27.3. The zero-order valence-corrected chi connectivity index (χ0v) is 59.8. The molecule has 0 unspecified atom stereocenters. The van der Waals surface area contributed by atoms with Crippen molar-refractivity contribution in [2.75, 3.05) is 37.2 Å². The molecular weight excluding hydrogens is 1310 g/mol. The van der Waals surface area contributed by atoms with Gasteiger partial charge in [-0.3, -0.25) is 19.2 Å². The van der Waals surface area contributed by atoms with Gasteiger partial charge < -0.3 is 42.0 Å². The molecule has 7 N–H and O–H groups in total. The van der Waals surface area contributed by atoms with Crippen molar-refractivity contribution in [1.82, 2.24) is 39.9 Å². The van der Waals surface area contributed by atoms with Crippen molar-refractivity contribution >= 4 is 104 Å². The van der Waals surface area contributed by atoms with Crippen molar-refractivity contribution in [3.05, 3.63) is 336 Å². The highest BCUT2D eigenvalue weighted by molar-refractivity contribution is 6.07. The van der Waals surface area contributed by atoms with E-state index in [1.807, 2.05) is 238 Å². The molecule has 0 atom stereocenters. The largest absolute Gasteiger partial charge is 0.439 e. The third-order valence-electron chi connectivity index (χ3n) is 14.9. The van der Waals surface area contributed by atoms with Crippen LogP contribution in [0.5, 0.6) is 11.6 Å². The van der Waals surface area contributed by atoms with E-state index in [9.17, 15) is 19.2 Å². The Hall–Kier alpha value is -13.9. The molecule has 0 saturated carbocycles. The molecule has 12 rings (SSSR count). The third-order valence-corrected chi connectivity index (χ3v) is 14.9. The molecule has 0 bridgehead atoms. The number of ether oxygens (including phenoxy) is 1. The quantitative estimate of drug-likeness (QED) is 0.0219. The molecule has 0 fully saturated rings. The number of aryl methyl sites for hydroxylation is 4. The summed E-state index contributed by atoms with van der Waals surface area (Å²) in [6, 6.07) is 68.0. The fourth-order valence-electron chi connectivity index (χ4n) is 9.62. The standard InChI is InChI=1S/C22H22N4O.C22H21N3O2.C21H20N4O.C20H18N4O/c1-15(2)12-20(27)17-8-7-11-19(13-17)24-21-16(3)14-23-22(26-21)25-18-9-5-4-6-10-18;1-15(2)12-20(26)17-8-7-11-19(13-17)27-21-16(3)14-23-22(25-21)24-18-9-5-4-6-10-18;1-3-8-19(26)16-9-7-12-18(13-16)23-20-15(2)14-22-21(25-20)24-17-10-5-4-6-11-17;1-3-18(25)15-8-7-11-17(12-15)22-19-14(2)13-21-20(24-19)23-16-9-5-4-6-10-16/h4-14H,1-3H3,(H2,23,24,25,26);4-14H,1-3H3,(H,23,24,25);3-14H,1-2H3,(H2,22,23,24,25);3-13H,1H2,2H3,(H2,21,22,23,24)/b;;8-3+;. The number of hydrogen-bond acceptors (Lipinski definition) is 20. The number of hydrogen-bond donors (Lipinski definition) is 7. The van der Waals surface area contributed by atoms with Gasteiger partial charge in [-0.25, -0.2) is 19.9 Å². The highest BCUT2D eigenvalue weighted by Crippen LogP contribution is 2.29. The van der Waals surface area contributed by atoms with Gasteiger partial charge in [0.2, 0.25) is 29.7 Å². The Labute approximate surface area is 611 Å². The van der Waals surface area contributed by atoms with E-state index in [1.165, 1.54) is 6.08 Å². The zero-order chi connectivity index (χ0) is 74.5. The lowest BCUT2D eigenvalue weighted by Crippen LogP contribution is -2.03. The molecule has 4 aromatic heterocycles. The number of benzene rings is 8. The van der Waals surface area contributed by atoms with Crippen LogP contribution in [0.15, 0.2) is 291 Å². The maximum absolute atomic E-state index is 12.2. The van der Waals surface area contributed by atoms with Crippen LogP contribution in [0.1, 0.15) is 98.3 Å². The van der Waals surface area contributed by atoms with E-state index in [4.69, 9.17) is 4.74 Å². The molecule has 0 radical (unpaired) electrons. The van der Waals surface area contributed by atoms with E-state index in [0.29, 0.717) is 75.1 Å². The zero-order valence-electron chi connectivity index (χ0n) is 59.8. The maximum Gasteiger partial charge on any atom is 0.230 e. The van der Waals surface area contributed by atoms with E-state index in [1.54, 1.807) is 91.6 Å². The number of ketones is 4. The molecule has 0 aliphatic heterocycles. The topological polar surface area (TPSA) is 265 Å². The average molecular weight is 1390 g/mol. The van der Waals surface area contributed by atoms with Crippen LogP contribution in [-0.4, -0.2) is 63.0 Å². The third kappa shape index (κ3) is 23.9. The molecule has 0 amide bonds. The molecule has 0 saturated heterocycles. The van der Waals surface area contributed by atoms with Crippen LogP contribution in [0.4, 0.5) is 81.1 Å². The summed E-state index contributed by atoms with van der Waals surface area (Å²) in [5.41, 5.74) is 13.9. The molecule has 105 heavy (non-hydrogen) atoms. The van der Waals surface area contributed by atoms with Crippen LogP contribution in [0.2, 0.25) is 0 Å². The summed E-state index contributed by atoms with van der Waals surface area (Å²) in [6.07, 6.45) is 14.8. The SMILES string of the molecule is C/C=C/C(=O)c1cccc(Nc2nc(Nc3ccccc3)ncc2C)c1.C=CC(=O)c1cccc(Nc2nc(Nc3ccccc3)ncc2C)c1.CC(C)=CC(=O)c1cccc(Nc2nc(Nc3ccccc3)ncc2C)c1.CC(C)=CC(=O)c1cccc(Oc2nc(Nc3ccccc3)ncc2C)c1. The highest BCUT2D eigenvalue weighted by Gasteiger charge is 2.14. The van der Waals surface area contributed by atoms with Crippen molar-refractivity contribution in [2.45, 2.75) is 62.3 Å². The number of aromatic nitrogens is 8. The second-order valence-electron chi connectivity index (χ2n) is 24.2. The van der Waals surface area contributed by atoms with Crippen LogP contribution in [0.25, 0.3) is 0 Å². The van der Waals surface area contributed by atoms with Crippen LogP contribution in [0.3, 0.4) is 0 Å². The lowest BCUT2D eigenvalue weighted by Gasteiger charge is -2.11. The van der Waals surface area contributed by atoms with E-state index in [0.717, 1.165) is 73.2 Å². The number of anilines is 14. The summed E-state index contributed by atoms with van der Waals surface area (Å²) in [4.78, 5) is 83.6. The van der Waals surface area contributed by atoms with Crippen molar-refractivity contribution in [3.63, 3.8) is 0 Å². The molecule has 0 spiro atoms. The predicted molar refractivity (Wildman–Crippen MR) is 423 cm³/mol. The molecule has 8 aromatic carbocycles. The van der Waals surface area contributed by atoms with Gasteiger partial charge in [0.05, 0.1) is 0 Å². The van der Waals surface area contributed by atoms with Gasteiger partial charge in [0, 0.05) is 109 Å². The van der Waals surface area contributed by atoms with Crippen molar-refractivity contribution in [1.29, 1.82) is 0 Å². The van der Waals surface area contributed by atoms with Crippen LogP contribution < -0.4 is 42.0 Å². The molecule has 0 aliphatic carbocycles. The smallest absolute Gasteiger partial charge is 0.230 e. The van der Waals surface area contributed by atoms with Crippen LogP contribution in [-0.2, 0) is 0 Å². The highest BCUT2D eigenvalue weighted by atomic mass is 16.5. The van der Waals surface area contributed by atoms with Crippen LogP contribution in [0, 0.1) is 27.7 Å². The average Bonchev–Trinajstić information content (AvgIpc) is 1.35. The van der Waals surface area contributed by atoms with E-state index in [-0.39, 0.29) is 23.1 Å². The predicted octanol–water partition coefficient (Wildman–Crippen LogP) is 20.6. The van der Waals surface area contributed by atoms with E-state index < -0.39 is 0 Å². The summed E-state index contributed by atoms with van der Waals surface area (Å²) in [7, 11) is 0. The van der Waals surface area contributed by atoms with Crippen molar-refractivity contribution in [3.8, 4) is 11.6 Å². The van der Waals surface area contributed by atoms with Crippen molar-refractivity contribution in [2.24, 2.45) is 0 Å². The van der Waals surface area contributed by atoms with Gasteiger partial charge in [0.25, 0.3) is 0 Å². The molecule has 20 nitrogen and oxygen atoms in total. The monoisotopic (exact) mass is 1390 g/mol. The molecule has 12 aromatic rings. The van der Waals surface area contributed by atoms with Gasteiger partial charge >= 0.3 is 0 Å². The maximum atomic E-state index is 12.2. The Bertz CT molecular complexity index is 4900. The molecular formula is C85H81N15O5. The lowest BCUT2D eigenvalue weighted by atomic mass is 10.1. The Balaban J connectivity index is 0.000000162. The Morgan fingerprint density at radius 3 is 0.990 bits per heavy atom. The Morgan fingerprint density at radius 1 is 0.343 bits per heavy atom. The first-order valence-corrected chi connectivity index (χ1v) is 33.6. The summed E-state index contributed by atoms with van der Waals surface area (Å²) < 4.78 is 5.92. The number of allylic oxidation sites excluding steroid dienone is 7. The Morgan fingerprint density at radius 2 is 0.648 bits per heavy atom. The first kappa shape index (κ1) is 75.3. The van der Waals surface area contributed by atoms with Crippen molar-refractivity contribution < 1.29 is 23.9 Å². The molecule has 526 valence electrons. The number of carbonyl (C=O) groups excluding carboxylic acids is 4. The number of para-hydroxylation sites is 4. The first-order chi connectivity index (χ1) is 50.8. The first-order valence-electron chi connectivity index (χ1n) is 33.6. The second-order valence-corrected chi connectivity index (χ2v) is 24.2. The summed E-state index contributed by atoms with van der Waals surface area (Å²) in [5.74, 6) is 4.80. The number of rotatable bonds is 24. The molecule has 0 aliphatic rings. The number of nitrogens with zero attached hydrogens (tertiary/aromatic N) is 8. The molecule has 4 heterocycles. The fraction of sp³-hybridized carbons (Fsp3) is 0.106. The minimum absolute atomic E-state index is 0.00973. The lowest BCUT2D eigenvalue weighted by molar-refractivity contribution is 0.103. The molecule has 20 heteroatoms. The number of nitrogens with one attached hydrogen (secondary N) is 7. The minimum atomic E-state index is -0.116. The van der Waals surface area contributed by atoms with Gasteiger partial charge in [-0.2, -0.15) is 19.9 Å². The second kappa shape index (κ2) is 38.1. The normalized spacial score (nSPS) is 10.3. The summed E-state index contributed by atoms with van der Waals surface area (Å²) in [6.45, 7) is 20.6. The van der Waals surface area contributed by atoms with E-state index >= 15 is 0 Å².